The van der Waals surface area contributed by atoms with Crippen molar-refractivity contribution in [3.8, 4) is 0 Å². The topological polar surface area (TPSA) is 83.6 Å². The molecule has 0 bridgehead atoms. The number of likely N-dealkylation sites (N-methyl/N-ethyl adjacent to an activating group) is 1. The average molecular weight is 222 g/mol. The van der Waals surface area contributed by atoms with Gasteiger partial charge in [-0.3, -0.25) is 4.79 Å². The number of nitrogens with zero attached hydrogens (tertiary/aromatic N) is 1. The van der Waals surface area contributed by atoms with E-state index in [-0.39, 0.29) is 12.1 Å². The summed E-state index contributed by atoms with van der Waals surface area (Å²) in [6, 6.07) is 6.33. The normalized spacial score (nSPS) is 9.81. The van der Waals surface area contributed by atoms with Crippen LogP contribution in [0.5, 0.6) is 0 Å². The van der Waals surface area contributed by atoms with E-state index in [1.807, 2.05) is 6.92 Å². The Morgan fingerprint density at radius 1 is 1.31 bits per heavy atom. The van der Waals surface area contributed by atoms with Crippen molar-refractivity contribution >= 4 is 17.6 Å². The molecule has 0 fully saturated rings. The Bertz CT molecular complexity index is 387. The molecule has 1 aromatic carbocycles. The summed E-state index contributed by atoms with van der Waals surface area (Å²) >= 11 is 0. The molecule has 0 aliphatic heterocycles. The summed E-state index contributed by atoms with van der Waals surface area (Å²) in [4.78, 5) is 23.2. The summed E-state index contributed by atoms with van der Waals surface area (Å²) in [6.07, 6.45) is 0. The Hall–Kier alpha value is -2.04. The van der Waals surface area contributed by atoms with Gasteiger partial charge >= 0.3 is 5.97 Å². The van der Waals surface area contributed by atoms with Crippen molar-refractivity contribution in [1.82, 2.24) is 0 Å². The minimum absolute atomic E-state index is 0.128. The van der Waals surface area contributed by atoms with Gasteiger partial charge in [0.1, 0.15) is 0 Å². The van der Waals surface area contributed by atoms with Crippen LogP contribution in [0.25, 0.3) is 0 Å². The number of amides is 1. The van der Waals surface area contributed by atoms with Crippen LogP contribution in [-0.4, -0.2) is 30.1 Å². The fraction of sp³-hybridized carbons (Fsp3) is 0.273. The first-order chi connectivity index (χ1) is 7.54. The predicted octanol–water partition coefficient (Wildman–Crippen LogP) is 0.696. The minimum atomic E-state index is -0.968. The quantitative estimate of drug-likeness (QED) is 0.768. The van der Waals surface area contributed by atoms with Crippen LogP contribution in [0.2, 0.25) is 0 Å². The van der Waals surface area contributed by atoms with Gasteiger partial charge in [0.2, 0.25) is 5.91 Å². The maximum atomic E-state index is 10.8. The summed E-state index contributed by atoms with van der Waals surface area (Å²) in [7, 11) is 0. The number of hydrogen-bond donors (Lipinski definition) is 2. The molecule has 0 aliphatic carbocycles. The lowest BCUT2D eigenvalue weighted by Crippen LogP contribution is -2.33. The molecule has 3 N–H and O–H groups in total. The van der Waals surface area contributed by atoms with Gasteiger partial charge in [0.05, 0.1) is 12.1 Å². The molecular formula is C11H14N2O3. The molecule has 1 rings (SSSR count). The van der Waals surface area contributed by atoms with Crippen molar-refractivity contribution in [2.45, 2.75) is 6.92 Å². The molecule has 1 amide bonds. The molecule has 86 valence electrons. The Morgan fingerprint density at radius 3 is 2.25 bits per heavy atom. The maximum Gasteiger partial charge on any atom is 0.335 e. The fourth-order valence-corrected chi connectivity index (χ4v) is 1.39. The number of carboxylic acid groups (broad SMARTS) is 1. The Kier molecular flexibility index (Phi) is 3.88. The van der Waals surface area contributed by atoms with Crippen LogP contribution in [0.15, 0.2) is 24.3 Å². The third-order valence-electron chi connectivity index (χ3n) is 2.21. The number of nitrogens with two attached hydrogens (primary N) is 1. The molecule has 0 unspecified atom stereocenters. The van der Waals surface area contributed by atoms with E-state index in [2.05, 4.69) is 0 Å². The number of benzene rings is 1. The van der Waals surface area contributed by atoms with Crippen molar-refractivity contribution in [3.05, 3.63) is 29.8 Å². The number of anilines is 1. The molecule has 0 atom stereocenters. The summed E-state index contributed by atoms with van der Waals surface area (Å²) < 4.78 is 0. The Labute approximate surface area is 93.5 Å². The standard InChI is InChI=1S/C11H14N2O3/c1-2-13(7-10(12)14)9-5-3-8(4-6-9)11(15)16/h3-6H,2,7H2,1H3,(H2,12,14)(H,15,16). The fourth-order valence-electron chi connectivity index (χ4n) is 1.39. The lowest BCUT2D eigenvalue weighted by atomic mass is 10.2. The molecule has 0 saturated heterocycles. The summed E-state index contributed by atoms with van der Waals surface area (Å²) in [5.74, 6) is -1.38. The van der Waals surface area contributed by atoms with Crippen molar-refractivity contribution in [1.29, 1.82) is 0 Å². The highest BCUT2D eigenvalue weighted by Gasteiger charge is 2.08. The van der Waals surface area contributed by atoms with Crippen molar-refractivity contribution in [2.24, 2.45) is 5.73 Å². The van der Waals surface area contributed by atoms with E-state index in [0.29, 0.717) is 6.54 Å². The summed E-state index contributed by atoms with van der Waals surface area (Å²) in [5.41, 5.74) is 6.11. The highest BCUT2D eigenvalue weighted by atomic mass is 16.4. The first kappa shape index (κ1) is 12.0. The first-order valence-corrected chi connectivity index (χ1v) is 4.91. The van der Waals surface area contributed by atoms with Gasteiger partial charge in [-0.15, -0.1) is 0 Å². The molecule has 5 nitrogen and oxygen atoms in total. The zero-order valence-electron chi connectivity index (χ0n) is 9.01. The number of carbonyl (C=O) groups is 2. The number of hydrogen-bond acceptors (Lipinski definition) is 3. The third kappa shape index (κ3) is 2.98. The summed E-state index contributed by atoms with van der Waals surface area (Å²) in [5, 5.41) is 8.73. The van der Waals surface area contributed by atoms with Crippen LogP contribution in [0.1, 0.15) is 17.3 Å². The minimum Gasteiger partial charge on any atom is -0.478 e. The zero-order valence-corrected chi connectivity index (χ0v) is 9.01. The van der Waals surface area contributed by atoms with E-state index in [1.54, 1.807) is 17.0 Å². The molecule has 0 aliphatic rings. The van der Waals surface area contributed by atoms with Crippen molar-refractivity contribution in [3.63, 3.8) is 0 Å². The van der Waals surface area contributed by atoms with Gasteiger partial charge in [0.25, 0.3) is 0 Å². The maximum absolute atomic E-state index is 10.8. The van der Waals surface area contributed by atoms with Gasteiger partial charge < -0.3 is 15.7 Å². The van der Waals surface area contributed by atoms with Crippen LogP contribution in [0, 0.1) is 0 Å². The van der Waals surface area contributed by atoms with Gasteiger partial charge in [-0.25, -0.2) is 4.79 Å². The number of aromatic carboxylic acids is 1. The number of primary amides is 1. The van der Waals surface area contributed by atoms with Crippen LogP contribution in [-0.2, 0) is 4.79 Å². The molecule has 16 heavy (non-hydrogen) atoms. The highest BCUT2D eigenvalue weighted by Crippen LogP contribution is 2.14. The number of carboxylic acids is 1. The van der Waals surface area contributed by atoms with Crippen LogP contribution in [0.3, 0.4) is 0 Å². The molecular weight excluding hydrogens is 208 g/mol. The van der Waals surface area contributed by atoms with E-state index in [9.17, 15) is 9.59 Å². The monoisotopic (exact) mass is 222 g/mol. The largest absolute Gasteiger partial charge is 0.478 e. The second kappa shape index (κ2) is 5.16. The summed E-state index contributed by atoms with van der Waals surface area (Å²) in [6.45, 7) is 2.66. The molecule has 0 saturated carbocycles. The predicted molar refractivity (Wildman–Crippen MR) is 60.5 cm³/mol. The Morgan fingerprint density at radius 2 is 1.88 bits per heavy atom. The van der Waals surface area contributed by atoms with E-state index >= 15 is 0 Å². The first-order valence-electron chi connectivity index (χ1n) is 4.91. The average Bonchev–Trinajstić information content (AvgIpc) is 2.25. The molecule has 0 radical (unpaired) electrons. The van der Waals surface area contributed by atoms with Gasteiger partial charge in [-0.2, -0.15) is 0 Å². The van der Waals surface area contributed by atoms with E-state index in [1.165, 1.54) is 12.1 Å². The smallest absolute Gasteiger partial charge is 0.335 e. The van der Waals surface area contributed by atoms with Gasteiger partial charge in [-0.05, 0) is 31.2 Å². The molecule has 0 aromatic heterocycles. The van der Waals surface area contributed by atoms with Gasteiger partial charge in [0.15, 0.2) is 0 Å². The van der Waals surface area contributed by atoms with Crippen molar-refractivity contribution < 1.29 is 14.7 Å². The molecule has 1 aromatic rings. The Balaban J connectivity index is 2.86. The second-order valence-electron chi connectivity index (χ2n) is 3.33. The second-order valence-corrected chi connectivity index (χ2v) is 3.33. The van der Waals surface area contributed by atoms with E-state index < -0.39 is 11.9 Å². The molecule has 0 spiro atoms. The van der Waals surface area contributed by atoms with Crippen LogP contribution in [0.4, 0.5) is 5.69 Å². The molecule has 5 heteroatoms. The zero-order chi connectivity index (χ0) is 12.1. The molecule has 0 heterocycles. The lowest BCUT2D eigenvalue weighted by molar-refractivity contribution is -0.116. The third-order valence-corrected chi connectivity index (χ3v) is 2.21. The van der Waals surface area contributed by atoms with Crippen LogP contribution < -0.4 is 10.6 Å². The van der Waals surface area contributed by atoms with E-state index in [4.69, 9.17) is 10.8 Å². The lowest BCUT2D eigenvalue weighted by Gasteiger charge is -2.21. The van der Waals surface area contributed by atoms with Crippen LogP contribution >= 0.6 is 0 Å². The van der Waals surface area contributed by atoms with Gasteiger partial charge in [0, 0.05) is 12.2 Å². The van der Waals surface area contributed by atoms with E-state index in [0.717, 1.165) is 5.69 Å². The van der Waals surface area contributed by atoms with Gasteiger partial charge in [-0.1, -0.05) is 0 Å². The SMILES string of the molecule is CCN(CC(N)=O)c1ccc(C(=O)O)cc1. The number of rotatable bonds is 5. The highest BCUT2D eigenvalue weighted by molar-refractivity contribution is 5.88. The van der Waals surface area contributed by atoms with Crippen molar-refractivity contribution in [2.75, 3.05) is 18.0 Å². The number of carbonyl (C=O) groups excluding carboxylic acids is 1.